The summed E-state index contributed by atoms with van der Waals surface area (Å²) in [6, 6.07) is 20.3. The number of aromatic nitrogens is 1. The first-order valence-electron chi connectivity index (χ1n) is 15.3. The number of anilines is 2. The molecule has 0 amide bonds. The molecule has 0 unspecified atom stereocenters. The van der Waals surface area contributed by atoms with Crippen molar-refractivity contribution in [2.75, 3.05) is 28.6 Å². The molecule has 0 spiro atoms. The van der Waals surface area contributed by atoms with Gasteiger partial charge in [-0.05, 0) is 96.8 Å². The zero-order valence-corrected chi connectivity index (χ0v) is 26.4. The minimum atomic E-state index is -0.305. The first kappa shape index (κ1) is 28.7. The fourth-order valence-corrected chi connectivity index (χ4v) is 7.97. The predicted molar refractivity (Wildman–Crippen MR) is 179 cm³/mol. The zero-order valence-electron chi connectivity index (χ0n) is 25.6. The Balaban J connectivity index is 1.27. The molecule has 2 aliphatic heterocycles. The maximum absolute atomic E-state index is 13.7. The van der Waals surface area contributed by atoms with Gasteiger partial charge in [-0.2, -0.15) is 0 Å². The third-order valence-corrected chi connectivity index (χ3v) is 10.3. The SMILES string of the molecule is CSN1Cc2ccc(N3CCC(c4noc5cc(F)ccc45)CC3)cc2-c2c(C)c(-c3ccc(C)cc3)c(CC=O)c(C)c21. The van der Waals surface area contributed by atoms with E-state index in [2.05, 4.69) is 83.9 Å². The van der Waals surface area contributed by atoms with Crippen LogP contribution in [-0.4, -0.2) is 30.8 Å². The zero-order chi connectivity index (χ0) is 30.5. The first-order valence-corrected chi connectivity index (χ1v) is 16.5. The van der Waals surface area contributed by atoms with Crippen molar-refractivity contribution < 1.29 is 13.7 Å². The Morgan fingerprint density at radius 2 is 1.75 bits per heavy atom. The molecule has 0 N–H and O–H groups in total. The van der Waals surface area contributed by atoms with Crippen molar-refractivity contribution in [2.45, 2.75) is 52.5 Å². The lowest BCUT2D eigenvalue weighted by molar-refractivity contribution is -0.107. The molecule has 3 heterocycles. The van der Waals surface area contributed by atoms with Crippen LogP contribution in [0.5, 0.6) is 0 Å². The fourth-order valence-electron chi connectivity index (χ4n) is 7.30. The van der Waals surface area contributed by atoms with Crippen LogP contribution in [0.25, 0.3) is 33.2 Å². The maximum atomic E-state index is 13.7. The van der Waals surface area contributed by atoms with Gasteiger partial charge in [0.15, 0.2) is 5.58 Å². The van der Waals surface area contributed by atoms with E-state index in [1.54, 1.807) is 18.0 Å². The van der Waals surface area contributed by atoms with E-state index < -0.39 is 0 Å². The number of carbonyl (C=O) groups is 1. The molecule has 0 saturated carbocycles. The Morgan fingerprint density at radius 3 is 2.48 bits per heavy atom. The van der Waals surface area contributed by atoms with Gasteiger partial charge in [-0.3, -0.25) is 0 Å². The van der Waals surface area contributed by atoms with Crippen molar-refractivity contribution in [1.82, 2.24) is 5.16 Å². The van der Waals surface area contributed by atoms with Crippen LogP contribution in [0.15, 0.2) is 65.2 Å². The lowest BCUT2D eigenvalue weighted by atomic mass is 9.81. The molecule has 1 aromatic heterocycles. The van der Waals surface area contributed by atoms with Gasteiger partial charge >= 0.3 is 0 Å². The van der Waals surface area contributed by atoms with Crippen LogP contribution in [0.1, 0.15) is 52.3 Å². The van der Waals surface area contributed by atoms with Gasteiger partial charge in [0.05, 0.1) is 17.9 Å². The smallest absolute Gasteiger partial charge is 0.170 e. The first-order chi connectivity index (χ1) is 21.4. The number of hydrogen-bond acceptors (Lipinski definition) is 6. The van der Waals surface area contributed by atoms with Crippen LogP contribution < -0.4 is 9.21 Å². The van der Waals surface area contributed by atoms with Crippen molar-refractivity contribution in [1.29, 1.82) is 0 Å². The number of aldehydes is 1. The molecule has 1 saturated heterocycles. The number of hydrogen-bond donors (Lipinski definition) is 0. The standard InChI is InChI=1S/C37H36FN3O2S/c1-22-5-7-25(8-6-22)34-24(3)35-32-20-29(11-9-27(32)21-41(44-4)37(35)23(2)30(34)15-18-42)40-16-13-26(14-17-40)36-31-12-10-28(38)19-33(31)43-39-36/h5-12,18-20,26H,13-17,21H2,1-4H3. The van der Waals surface area contributed by atoms with Gasteiger partial charge in [0.2, 0.25) is 0 Å². The Morgan fingerprint density at radius 1 is 0.977 bits per heavy atom. The summed E-state index contributed by atoms with van der Waals surface area (Å²) in [6.45, 7) is 9.14. The van der Waals surface area contributed by atoms with Crippen molar-refractivity contribution in [3.63, 3.8) is 0 Å². The topological polar surface area (TPSA) is 49.6 Å². The molecule has 4 aromatic carbocycles. The molecule has 0 atom stereocenters. The van der Waals surface area contributed by atoms with Gasteiger partial charge in [-0.15, -0.1) is 0 Å². The van der Waals surface area contributed by atoms with Crippen molar-refractivity contribution in [2.24, 2.45) is 0 Å². The second-order valence-electron chi connectivity index (χ2n) is 12.1. The lowest BCUT2D eigenvalue weighted by Crippen LogP contribution is -2.33. The van der Waals surface area contributed by atoms with Crippen molar-refractivity contribution in [3.05, 3.63) is 100.0 Å². The maximum Gasteiger partial charge on any atom is 0.170 e. The van der Waals surface area contributed by atoms with E-state index in [1.807, 2.05) is 0 Å². The van der Waals surface area contributed by atoms with Gasteiger partial charge in [-0.1, -0.05) is 53.0 Å². The molecule has 7 rings (SSSR count). The highest BCUT2D eigenvalue weighted by atomic mass is 32.2. The van der Waals surface area contributed by atoms with E-state index in [0.29, 0.717) is 12.0 Å². The summed E-state index contributed by atoms with van der Waals surface area (Å²) in [7, 11) is 0. The third kappa shape index (κ3) is 4.78. The Bertz CT molecular complexity index is 1890. The van der Waals surface area contributed by atoms with Gasteiger partial charge in [-0.25, -0.2) is 4.39 Å². The summed E-state index contributed by atoms with van der Waals surface area (Å²) in [5.41, 5.74) is 14.8. The summed E-state index contributed by atoms with van der Waals surface area (Å²) < 4.78 is 21.5. The number of benzene rings is 4. The second kappa shape index (κ2) is 11.4. The van der Waals surface area contributed by atoms with Crippen LogP contribution in [0.4, 0.5) is 15.8 Å². The minimum absolute atomic E-state index is 0.282. The van der Waals surface area contributed by atoms with Crippen LogP contribution in [0.2, 0.25) is 0 Å². The molecule has 0 bridgehead atoms. The van der Waals surface area contributed by atoms with Crippen LogP contribution in [-0.2, 0) is 17.8 Å². The second-order valence-corrected chi connectivity index (χ2v) is 12.9. The highest BCUT2D eigenvalue weighted by Crippen LogP contribution is 2.51. The average molecular weight is 606 g/mol. The number of rotatable bonds is 6. The molecule has 1 fully saturated rings. The fraction of sp³-hybridized carbons (Fsp3) is 0.297. The van der Waals surface area contributed by atoms with Crippen LogP contribution in [0.3, 0.4) is 0 Å². The van der Waals surface area contributed by atoms with E-state index in [1.165, 1.54) is 62.5 Å². The molecule has 224 valence electrons. The summed E-state index contributed by atoms with van der Waals surface area (Å²) >= 11 is 1.74. The summed E-state index contributed by atoms with van der Waals surface area (Å²) in [5, 5.41) is 5.26. The Labute approximate surface area is 262 Å². The number of nitrogens with zero attached hydrogens (tertiary/aromatic N) is 3. The monoisotopic (exact) mass is 605 g/mol. The van der Waals surface area contributed by atoms with Gasteiger partial charge < -0.3 is 18.5 Å². The van der Waals surface area contributed by atoms with Gasteiger partial charge in [0.1, 0.15) is 12.1 Å². The lowest BCUT2D eigenvalue weighted by Gasteiger charge is -2.37. The van der Waals surface area contributed by atoms with Crippen LogP contribution in [0, 0.1) is 26.6 Å². The summed E-state index contributed by atoms with van der Waals surface area (Å²) in [4.78, 5) is 14.4. The number of fused-ring (bicyclic) bond motifs is 4. The molecule has 0 aliphatic carbocycles. The molecule has 7 heteroatoms. The Hall–Kier alpha value is -4.10. The normalized spacial score (nSPS) is 15.0. The minimum Gasteiger partial charge on any atom is -0.371 e. The highest BCUT2D eigenvalue weighted by molar-refractivity contribution is 7.99. The quantitative estimate of drug-likeness (QED) is 0.142. The molecule has 5 nitrogen and oxygen atoms in total. The summed E-state index contributed by atoms with van der Waals surface area (Å²) in [5.74, 6) is -0.0225. The van der Waals surface area contributed by atoms with Gasteiger partial charge in [0.25, 0.3) is 0 Å². The number of carbonyl (C=O) groups excluding carboxylic acids is 1. The van der Waals surface area contributed by atoms with E-state index in [0.717, 1.165) is 61.0 Å². The average Bonchev–Trinajstić information content (AvgIpc) is 3.46. The highest BCUT2D eigenvalue weighted by Gasteiger charge is 2.31. The Kier molecular flexibility index (Phi) is 7.45. The number of halogens is 1. The molecule has 44 heavy (non-hydrogen) atoms. The van der Waals surface area contributed by atoms with Gasteiger partial charge in [0, 0.05) is 54.4 Å². The van der Waals surface area contributed by atoms with E-state index in [-0.39, 0.29) is 11.7 Å². The number of piperidine rings is 1. The molecule has 0 radical (unpaired) electrons. The molecular formula is C37H36FN3O2S. The van der Waals surface area contributed by atoms with Crippen molar-refractivity contribution >= 4 is 40.6 Å². The number of aryl methyl sites for hydroxylation is 1. The van der Waals surface area contributed by atoms with E-state index in [4.69, 9.17) is 4.52 Å². The predicted octanol–water partition coefficient (Wildman–Crippen LogP) is 8.95. The largest absolute Gasteiger partial charge is 0.371 e. The molecular weight excluding hydrogens is 569 g/mol. The third-order valence-electron chi connectivity index (χ3n) is 9.58. The summed E-state index contributed by atoms with van der Waals surface area (Å²) in [6.07, 6.45) is 5.47. The van der Waals surface area contributed by atoms with E-state index in [9.17, 15) is 9.18 Å². The van der Waals surface area contributed by atoms with Crippen LogP contribution >= 0.6 is 11.9 Å². The van der Waals surface area contributed by atoms with E-state index >= 15 is 0 Å². The molecule has 5 aromatic rings. The van der Waals surface area contributed by atoms with Crippen molar-refractivity contribution in [3.8, 4) is 22.3 Å². The molecule has 2 aliphatic rings.